The van der Waals surface area contributed by atoms with Gasteiger partial charge in [-0.3, -0.25) is 14.2 Å². The second kappa shape index (κ2) is 5.56. The molecule has 0 saturated heterocycles. The number of carbonyl (C=O) groups excluding carboxylic acids is 1. The minimum atomic E-state index is -0.0751. The molecule has 0 radical (unpaired) electrons. The summed E-state index contributed by atoms with van der Waals surface area (Å²) in [6.45, 7) is 4.49. The van der Waals surface area contributed by atoms with Crippen LogP contribution in [0.2, 0.25) is 0 Å². The zero-order valence-electron chi connectivity index (χ0n) is 11.1. The minimum Gasteiger partial charge on any atom is -0.349 e. The van der Waals surface area contributed by atoms with Crippen LogP contribution in [0.15, 0.2) is 16.7 Å². The van der Waals surface area contributed by atoms with E-state index in [2.05, 4.69) is 31.4 Å². The van der Waals surface area contributed by atoms with E-state index in [0.717, 1.165) is 21.6 Å². The lowest BCUT2D eigenvalue weighted by atomic mass is 10.3. The van der Waals surface area contributed by atoms with Gasteiger partial charge in [0.15, 0.2) is 0 Å². The van der Waals surface area contributed by atoms with E-state index in [1.807, 2.05) is 27.0 Å². The average molecular weight is 326 g/mol. The summed E-state index contributed by atoms with van der Waals surface area (Å²) in [6, 6.07) is 1.95. The molecule has 7 heteroatoms. The first kappa shape index (κ1) is 13.8. The lowest BCUT2D eigenvalue weighted by molar-refractivity contribution is -0.122. The van der Waals surface area contributed by atoms with Gasteiger partial charge >= 0.3 is 0 Å². The molecular formula is C12H16BrN5O. The van der Waals surface area contributed by atoms with E-state index >= 15 is 0 Å². The van der Waals surface area contributed by atoms with E-state index in [1.54, 1.807) is 15.6 Å². The fraction of sp³-hybridized carbons (Fsp3) is 0.417. The number of hydrogen-bond acceptors (Lipinski definition) is 3. The molecule has 0 aliphatic rings. The van der Waals surface area contributed by atoms with Crippen molar-refractivity contribution in [2.24, 2.45) is 7.05 Å². The fourth-order valence-corrected chi connectivity index (χ4v) is 2.11. The van der Waals surface area contributed by atoms with Gasteiger partial charge in [-0.25, -0.2) is 0 Å². The molecule has 2 heterocycles. The van der Waals surface area contributed by atoms with Crippen molar-refractivity contribution in [2.75, 3.05) is 0 Å². The molecule has 0 atom stereocenters. The number of nitrogens with zero attached hydrogens (tertiary/aromatic N) is 4. The highest BCUT2D eigenvalue weighted by molar-refractivity contribution is 9.10. The van der Waals surface area contributed by atoms with Crippen LogP contribution in [-0.2, 0) is 24.9 Å². The number of aromatic nitrogens is 4. The van der Waals surface area contributed by atoms with Crippen LogP contribution in [0.1, 0.15) is 17.1 Å². The molecule has 0 saturated carbocycles. The van der Waals surface area contributed by atoms with Gasteiger partial charge in [0.2, 0.25) is 5.91 Å². The quantitative estimate of drug-likeness (QED) is 0.921. The summed E-state index contributed by atoms with van der Waals surface area (Å²) < 4.78 is 4.29. The number of halogens is 1. The summed E-state index contributed by atoms with van der Waals surface area (Å²) in [5.41, 5.74) is 2.79. The lowest BCUT2D eigenvalue weighted by Crippen LogP contribution is -2.28. The van der Waals surface area contributed by atoms with E-state index in [4.69, 9.17) is 0 Å². The van der Waals surface area contributed by atoms with Crippen molar-refractivity contribution in [1.82, 2.24) is 24.9 Å². The highest BCUT2D eigenvalue weighted by Crippen LogP contribution is 2.12. The monoisotopic (exact) mass is 325 g/mol. The first-order valence-corrected chi connectivity index (χ1v) is 6.71. The van der Waals surface area contributed by atoms with E-state index in [1.165, 1.54) is 0 Å². The molecule has 2 aromatic rings. The van der Waals surface area contributed by atoms with Gasteiger partial charge in [0, 0.05) is 13.2 Å². The zero-order valence-corrected chi connectivity index (χ0v) is 12.7. The maximum atomic E-state index is 11.8. The SMILES string of the molecule is Cc1cc(CNC(=O)Cn2cc(Br)c(C)n2)n(C)n1. The van der Waals surface area contributed by atoms with E-state index in [9.17, 15) is 4.79 Å². The van der Waals surface area contributed by atoms with Crippen molar-refractivity contribution in [3.05, 3.63) is 33.8 Å². The number of aryl methyl sites for hydroxylation is 3. The maximum absolute atomic E-state index is 11.8. The van der Waals surface area contributed by atoms with E-state index in [0.29, 0.717) is 6.54 Å². The van der Waals surface area contributed by atoms with Crippen LogP contribution in [0.5, 0.6) is 0 Å². The van der Waals surface area contributed by atoms with Crippen LogP contribution in [0.25, 0.3) is 0 Å². The Kier molecular flexibility index (Phi) is 4.04. The first-order chi connectivity index (χ1) is 8.95. The standard InChI is InChI=1S/C12H16BrN5O/c1-8-4-10(17(3)15-8)5-14-12(19)7-18-6-11(13)9(2)16-18/h4,6H,5,7H2,1-3H3,(H,14,19). The largest absolute Gasteiger partial charge is 0.349 e. The summed E-state index contributed by atoms with van der Waals surface area (Å²) in [5, 5.41) is 11.3. The second-order valence-electron chi connectivity index (χ2n) is 4.44. The summed E-state index contributed by atoms with van der Waals surface area (Å²) in [6.07, 6.45) is 1.79. The predicted molar refractivity (Wildman–Crippen MR) is 74.5 cm³/mol. The normalized spacial score (nSPS) is 10.7. The maximum Gasteiger partial charge on any atom is 0.242 e. The van der Waals surface area contributed by atoms with Crippen molar-refractivity contribution in [2.45, 2.75) is 26.9 Å². The number of hydrogen-bond donors (Lipinski definition) is 1. The number of amides is 1. The van der Waals surface area contributed by atoms with E-state index in [-0.39, 0.29) is 12.5 Å². The third kappa shape index (κ3) is 3.44. The molecule has 0 bridgehead atoms. The van der Waals surface area contributed by atoms with Crippen molar-refractivity contribution in [3.63, 3.8) is 0 Å². The van der Waals surface area contributed by atoms with Gasteiger partial charge in [0.05, 0.1) is 28.1 Å². The Hall–Kier alpha value is -1.63. The van der Waals surface area contributed by atoms with Gasteiger partial charge in [-0.05, 0) is 35.8 Å². The van der Waals surface area contributed by atoms with Gasteiger partial charge in [-0.15, -0.1) is 0 Å². The van der Waals surface area contributed by atoms with E-state index < -0.39 is 0 Å². The highest BCUT2D eigenvalue weighted by atomic mass is 79.9. The molecule has 0 spiro atoms. The summed E-state index contributed by atoms with van der Waals surface area (Å²) in [7, 11) is 1.86. The molecular weight excluding hydrogens is 310 g/mol. The molecule has 6 nitrogen and oxygen atoms in total. The molecule has 102 valence electrons. The summed E-state index contributed by atoms with van der Waals surface area (Å²) >= 11 is 3.37. The number of carbonyl (C=O) groups is 1. The smallest absolute Gasteiger partial charge is 0.242 e. The average Bonchev–Trinajstić information content (AvgIpc) is 2.79. The van der Waals surface area contributed by atoms with Crippen LogP contribution in [0, 0.1) is 13.8 Å². The van der Waals surface area contributed by atoms with Crippen LogP contribution < -0.4 is 5.32 Å². The zero-order chi connectivity index (χ0) is 14.0. The van der Waals surface area contributed by atoms with Crippen molar-refractivity contribution >= 4 is 21.8 Å². The second-order valence-corrected chi connectivity index (χ2v) is 5.29. The summed E-state index contributed by atoms with van der Waals surface area (Å²) in [4.78, 5) is 11.8. The summed E-state index contributed by atoms with van der Waals surface area (Å²) in [5.74, 6) is -0.0751. The first-order valence-electron chi connectivity index (χ1n) is 5.91. The number of nitrogens with one attached hydrogen (secondary N) is 1. The molecule has 0 fully saturated rings. The predicted octanol–water partition coefficient (Wildman–Crippen LogP) is 1.31. The molecule has 1 N–H and O–H groups in total. The molecule has 1 amide bonds. The Bertz CT molecular complexity index is 582. The van der Waals surface area contributed by atoms with Crippen molar-refractivity contribution in [3.8, 4) is 0 Å². The molecule has 0 aliphatic heterocycles. The van der Waals surface area contributed by atoms with Crippen LogP contribution in [0.4, 0.5) is 0 Å². The van der Waals surface area contributed by atoms with Gasteiger partial charge in [-0.2, -0.15) is 10.2 Å². The molecule has 0 aromatic carbocycles. The fourth-order valence-electron chi connectivity index (χ4n) is 1.80. The molecule has 0 unspecified atom stereocenters. The van der Waals surface area contributed by atoms with Crippen LogP contribution in [-0.4, -0.2) is 25.5 Å². The minimum absolute atomic E-state index is 0.0751. The van der Waals surface area contributed by atoms with Crippen molar-refractivity contribution < 1.29 is 4.79 Å². The lowest BCUT2D eigenvalue weighted by Gasteiger charge is -2.05. The third-order valence-corrected chi connectivity index (χ3v) is 3.54. The van der Waals surface area contributed by atoms with Crippen molar-refractivity contribution in [1.29, 1.82) is 0 Å². The van der Waals surface area contributed by atoms with Gasteiger partial charge in [-0.1, -0.05) is 0 Å². The molecule has 19 heavy (non-hydrogen) atoms. The Morgan fingerprint density at radius 3 is 2.68 bits per heavy atom. The Labute approximate surface area is 119 Å². The van der Waals surface area contributed by atoms with Gasteiger partial charge in [0.1, 0.15) is 6.54 Å². The molecule has 2 rings (SSSR count). The Morgan fingerprint density at radius 2 is 2.16 bits per heavy atom. The highest BCUT2D eigenvalue weighted by Gasteiger charge is 2.08. The van der Waals surface area contributed by atoms with Crippen LogP contribution >= 0.6 is 15.9 Å². The van der Waals surface area contributed by atoms with Crippen LogP contribution in [0.3, 0.4) is 0 Å². The Morgan fingerprint density at radius 1 is 1.42 bits per heavy atom. The molecule has 2 aromatic heterocycles. The third-order valence-electron chi connectivity index (χ3n) is 2.76. The van der Waals surface area contributed by atoms with Gasteiger partial charge < -0.3 is 5.32 Å². The number of rotatable bonds is 4. The molecule has 0 aliphatic carbocycles. The topological polar surface area (TPSA) is 64.7 Å². The Balaban J connectivity index is 1.90. The van der Waals surface area contributed by atoms with Gasteiger partial charge in [0.25, 0.3) is 0 Å².